The minimum absolute atomic E-state index is 0.0591. The number of hydrogen-bond acceptors (Lipinski definition) is 2. The number of halogens is 1. The second kappa shape index (κ2) is 9.78. The van der Waals surface area contributed by atoms with Gasteiger partial charge in [-0.1, -0.05) is 58.1 Å². The number of nitrogens with one attached hydrogen (secondary N) is 1. The topological polar surface area (TPSA) is 42.0 Å². The van der Waals surface area contributed by atoms with Gasteiger partial charge in [-0.3, -0.25) is 4.79 Å². The lowest BCUT2D eigenvalue weighted by Gasteiger charge is -2.07. The lowest BCUT2D eigenvalue weighted by molar-refractivity contribution is 0.0952. The molecular weight excluding hydrogens is 284 g/mol. The van der Waals surface area contributed by atoms with Gasteiger partial charge in [0.2, 0.25) is 0 Å². The predicted molar refractivity (Wildman–Crippen MR) is 88.9 cm³/mol. The van der Waals surface area contributed by atoms with Crippen molar-refractivity contribution in [1.29, 1.82) is 0 Å². The van der Waals surface area contributed by atoms with E-state index in [4.69, 9.17) is 11.6 Å². The Morgan fingerprint density at radius 2 is 1.95 bits per heavy atom. The van der Waals surface area contributed by atoms with Crippen molar-refractivity contribution in [2.45, 2.75) is 59.3 Å². The van der Waals surface area contributed by atoms with Gasteiger partial charge in [0.1, 0.15) is 5.15 Å². The summed E-state index contributed by atoms with van der Waals surface area (Å²) in [5, 5.41) is 3.33. The molecule has 0 aliphatic heterocycles. The highest BCUT2D eigenvalue weighted by Gasteiger charge is 2.08. The summed E-state index contributed by atoms with van der Waals surface area (Å²) in [6, 6.07) is 3.43. The van der Waals surface area contributed by atoms with Gasteiger partial charge < -0.3 is 5.32 Å². The van der Waals surface area contributed by atoms with Gasteiger partial charge in [0.05, 0.1) is 0 Å². The fourth-order valence-electron chi connectivity index (χ4n) is 2.20. The van der Waals surface area contributed by atoms with E-state index < -0.39 is 0 Å². The summed E-state index contributed by atoms with van der Waals surface area (Å²) < 4.78 is 0. The minimum atomic E-state index is -0.0591. The number of unbranched alkanes of at least 4 members (excludes halogenated alkanes) is 3. The molecular formula is C17H27ClN2O. The Morgan fingerprint density at radius 3 is 2.62 bits per heavy atom. The van der Waals surface area contributed by atoms with Crippen LogP contribution in [0.25, 0.3) is 0 Å². The van der Waals surface area contributed by atoms with E-state index in [1.165, 1.54) is 25.7 Å². The summed E-state index contributed by atoms with van der Waals surface area (Å²) in [6.45, 7) is 7.23. The molecule has 1 aromatic heterocycles. The van der Waals surface area contributed by atoms with E-state index in [2.05, 4.69) is 24.1 Å². The average molecular weight is 311 g/mol. The summed E-state index contributed by atoms with van der Waals surface area (Å²) in [5.74, 6) is 0.727. The lowest BCUT2D eigenvalue weighted by atomic mass is 10.0. The summed E-state index contributed by atoms with van der Waals surface area (Å²) in [7, 11) is 0. The smallest absolute Gasteiger partial charge is 0.251 e. The standard InChI is InChI=1S/C17H27ClN2O/c1-4-15-11-14(12-16(18)20-15)17(21)19-10-8-6-5-7-9-13(2)3/h11-13H,4-10H2,1-3H3,(H,19,21). The highest BCUT2D eigenvalue weighted by atomic mass is 35.5. The Labute approximate surface area is 133 Å². The fraction of sp³-hybridized carbons (Fsp3) is 0.647. The molecule has 1 aromatic rings. The number of nitrogens with zero attached hydrogens (tertiary/aromatic N) is 1. The largest absolute Gasteiger partial charge is 0.352 e. The van der Waals surface area contributed by atoms with Crippen LogP contribution in [0.5, 0.6) is 0 Å². The molecule has 1 amide bonds. The first-order chi connectivity index (χ1) is 10.0. The van der Waals surface area contributed by atoms with Gasteiger partial charge in [-0.15, -0.1) is 0 Å². The molecule has 0 radical (unpaired) electrons. The molecule has 118 valence electrons. The summed E-state index contributed by atoms with van der Waals surface area (Å²) >= 11 is 5.93. The van der Waals surface area contributed by atoms with Gasteiger partial charge in [-0.2, -0.15) is 0 Å². The van der Waals surface area contributed by atoms with E-state index in [9.17, 15) is 4.79 Å². The van der Waals surface area contributed by atoms with Crippen molar-refractivity contribution in [2.24, 2.45) is 5.92 Å². The van der Waals surface area contributed by atoms with Crippen LogP contribution >= 0.6 is 11.6 Å². The van der Waals surface area contributed by atoms with Crippen molar-refractivity contribution in [3.63, 3.8) is 0 Å². The molecule has 1 heterocycles. The molecule has 0 fully saturated rings. The van der Waals surface area contributed by atoms with Gasteiger partial charge in [-0.05, 0) is 30.9 Å². The Balaban J connectivity index is 2.26. The molecule has 0 unspecified atom stereocenters. The van der Waals surface area contributed by atoms with Crippen LogP contribution in [0, 0.1) is 5.92 Å². The Hall–Kier alpha value is -1.09. The molecule has 0 aliphatic carbocycles. The maximum atomic E-state index is 12.0. The molecule has 0 aromatic carbocycles. The fourth-order valence-corrected chi connectivity index (χ4v) is 2.42. The third-order valence-corrected chi connectivity index (χ3v) is 3.66. The quantitative estimate of drug-likeness (QED) is 0.533. The maximum absolute atomic E-state index is 12.0. The monoisotopic (exact) mass is 310 g/mol. The Bertz CT molecular complexity index is 446. The van der Waals surface area contributed by atoms with Crippen LogP contribution in [0.4, 0.5) is 0 Å². The minimum Gasteiger partial charge on any atom is -0.352 e. The van der Waals surface area contributed by atoms with Crippen molar-refractivity contribution in [3.8, 4) is 0 Å². The van der Waals surface area contributed by atoms with Crippen LogP contribution in [0.1, 0.15) is 68.9 Å². The number of pyridine rings is 1. The first-order valence-corrected chi connectivity index (χ1v) is 8.35. The third-order valence-electron chi connectivity index (χ3n) is 3.47. The zero-order chi connectivity index (χ0) is 15.7. The average Bonchev–Trinajstić information content (AvgIpc) is 2.44. The zero-order valence-corrected chi connectivity index (χ0v) is 14.2. The van der Waals surface area contributed by atoms with E-state index in [0.717, 1.165) is 31.0 Å². The van der Waals surface area contributed by atoms with Gasteiger partial charge >= 0.3 is 0 Å². The molecule has 0 spiro atoms. The number of amides is 1. The number of rotatable bonds is 9. The van der Waals surface area contributed by atoms with Crippen molar-refractivity contribution in [1.82, 2.24) is 10.3 Å². The predicted octanol–water partition coefficient (Wildman–Crippen LogP) is 4.63. The number of aromatic nitrogens is 1. The third kappa shape index (κ3) is 7.47. The summed E-state index contributed by atoms with van der Waals surface area (Å²) in [5.41, 5.74) is 1.45. The van der Waals surface area contributed by atoms with Gasteiger partial charge in [-0.25, -0.2) is 4.98 Å². The van der Waals surface area contributed by atoms with Gasteiger partial charge in [0, 0.05) is 17.8 Å². The maximum Gasteiger partial charge on any atom is 0.251 e. The molecule has 0 aliphatic rings. The van der Waals surface area contributed by atoms with Crippen LogP contribution in [0.3, 0.4) is 0 Å². The molecule has 1 rings (SSSR count). The zero-order valence-electron chi connectivity index (χ0n) is 13.4. The van der Waals surface area contributed by atoms with E-state index in [-0.39, 0.29) is 5.91 Å². The SMILES string of the molecule is CCc1cc(C(=O)NCCCCCCC(C)C)cc(Cl)n1. The second-order valence-corrected chi connectivity index (χ2v) is 6.26. The van der Waals surface area contributed by atoms with Gasteiger partial charge in [0.15, 0.2) is 0 Å². The molecule has 0 atom stereocenters. The van der Waals surface area contributed by atoms with E-state index >= 15 is 0 Å². The highest BCUT2D eigenvalue weighted by molar-refractivity contribution is 6.29. The van der Waals surface area contributed by atoms with E-state index in [0.29, 0.717) is 10.7 Å². The summed E-state index contributed by atoms with van der Waals surface area (Å²) in [4.78, 5) is 16.2. The van der Waals surface area contributed by atoms with E-state index in [1.54, 1.807) is 6.07 Å². The van der Waals surface area contributed by atoms with Crippen molar-refractivity contribution in [2.75, 3.05) is 6.54 Å². The molecule has 0 saturated heterocycles. The molecule has 21 heavy (non-hydrogen) atoms. The van der Waals surface area contributed by atoms with Crippen LogP contribution in [-0.4, -0.2) is 17.4 Å². The number of hydrogen-bond donors (Lipinski definition) is 1. The lowest BCUT2D eigenvalue weighted by Crippen LogP contribution is -2.24. The first-order valence-electron chi connectivity index (χ1n) is 7.97. The molecule has 3 nitrogen and oxygen atoms in total. The molecule has 1 N–H and O–H groups in total. The van der Waals surface area contributed by atoms with Crippen LogP contribution < -0.4 is 5.32 Å². The van der Waals surface area contributed by atoms with Crippen molar-refractivity contribution in [3.05, 3.63) is 28.5 Å². The number of carbonyl (C=O) groups excluding carboxylic acids is 1. The number of aryl methyl sites for hydroxylation is 1. The van der Waals surface area contributed by atoms with Crippen molar-refractivity contribution < 1.29 is 4.79 Å². The van der Waals surface area contributed by atoms with Crippen LogP contribution in [-0.2, 0) is 6.42 Å². The van der Waals surface area contributed by atoms with Crippen LogP contribution in [0.2, 0.25) is 5.15 Å². The second-order valence-electron chi connectivity index (χ2n) is 5.88. The van der Waals surface area contributed by atoms with E-state index in [1.807, 2.05) is 13.0 Å². The normalized spacial score (nSPS) is 10.9. The molecule has 4 heteroatoms. The Morgan fingerprint density at radius 1 is 1.24 bits per heavy atom. The van der Waals surface area contributed by atoms with Crippen molar-refractivity contribution >= 4 is 17.5 Å². The summed E-state index contributed by atoms with van der Waals surface area (Å²) in [6.07, 6.45) is 6.80. The van der Waals surface area contributed by atoms with Gasteiger partial charge in [0.25, 0.3) is 5.91 Å². The first kappa shape index (κ1) is 18.0. The molecule has 0 bridgehead atoms. The Kier molecular flexibility index (Phi) is 8.36. The van der Waals surface area contributed by atoms with Crippen LogP contribution in [0.15, 0.2) is 12.1 Å². The highest BCUT2D eigenvalue weighted by Crippen LogP contribution is 2.12. The number of carbonyl (C=O) groups is 1. The molecule has 0 saturated carbocycles.